The molecule has 0 aliphatic rings. The van der Waals surface area contributed by atoms with Gasteiger partial charge in [-0.3, -0.25) is 19.7 Å². The van der Waals surface area contributed by atoms with Gasteiger partial charge in [-0.1, -0.05) is 18.2 Å². The molecule has 2 aromatic heterocycles. The van der Waals surface area contributed by atoms with E-state index in [2.05, 4.69) is 19.7 Å². The highest BCUT2D eigenvalue weighted by Gasteiger charge is 2.18. The van der Waals surface area contributed by atoms with Crippen LogP contribution in [0.15, 0.2) is 72.0 Å². The van der Waals surface area contributed by atoms with Gasteiger partial charge in [-0.15, -0.1) is 0 Å². The molecule has 0 aliphatic heterocycles. The van der Waals surface area contributed by atoms with Gasteiger partial charge >= 0.3 is 0 Å². The molecule has 0 saturated carbocycles. The highest BCUT2D eigenvalue weighted by atomic mass is 32.2. The molecule has 0 bridgehead atoms. The van der Waals surface area contributed by atoms with Crippen molar-refractivity contribution in [3.63, 3.8) is 0 Å². The standard InChI is InChI=1S/C17H12N4O2S/c22-24(23,16-5-1-3-12-4-2-8-20-17(12)16)21-13-6-7-14-15(11-13)19-10-9-18-14/h1-11,21H. The lowest BCUT2D eigenvalue weighted by molar-refractivity contribution is 0.602. The van der Waals surface area contributed by atoms with Crippen LogP contribution in [0.3, 0.4) is 0 Å². The summed E-state index contributed by atoms with van der Waals surface area (Å²) < 4.78 is 28.1. The lowest BCUT2D eigenvalue weighted by Crippen LogP contribution is -2.13. The van der Waals surface area contributed by atoms with Crippen LogP contribution in [0, 0.1) is 0 Å². The van der Waals surface area contributed by atoms with Crippen LogP contribution in [0.1, 0.15) is 0 Å². The van der Waals surface area contributed by atoms with Crippen LogP contribution in [0.25, 0.3) is 21.9 Å². The van der Waals surface area contributed by atoms with Crippen molar-refractivity contribution in [3.8, 4) is 0 Å². The van der Waals surface area contributed by atoms with Gasteiger partial charge in [-0.05, 0) is 30.3 Å². The van der Waals surface area contributed by atoms with Crippen molar-refractivity contribution in [3.05, 3.63) is 67.1 Å². The van der Waals surface area contributed by atoms with Crippen molar-refractivity contribution in [1.82, 2.24) is 15.0 Å². The average Bonchev–Trinajstić information content (AvgIpc) is 2.61. The predicted octanol–water partition coefficient (Wildman–Crippen LogP) is 2.98. The highest BCUT2D eigenvalue weighted by molar-refractivity contribution is 7.93. The first-order valence-electron chi connectivity index (χ1n) is 7.21. The van der Waals surface area contributed by atoms with Gasteiger partial charge in [-0.2, -0.15) is 0 Å². The molecule has 1 N–H and O–H groups in total. The van der Waals surface area contributed by atoms with Gasteiger partial charge in [0.05, 0.1) is 22.2 Å². The minimum atomic E-state index is -3.77. The minimum absolute atomic E-state index is 0.139. The molecule has 4 rings (SSSR count). The molecule has 6 nitrogen and oxygen atoms in total. The fraction of sp³-hybridized carbons (Fsp3) is 0. The van der Waals surface area contributed by atoms with Crippen LogP contribution in [0.4, 0.5) is 5.69 Å². The molecule has 0 atom stereocenters. The van der Waals surface area contributed by atoms with E-state index in [0.717, 1.165) is 5.39 Å². The van der Waals surface area contributed by atoms with Crippen LogP contribution < -0.4 is 4.72 Å². The van der Waals surface area contributed by atoms with E-state index in [0.29, 0.717) is 22.2 Å². The molecule has 7 heteroatoms. The second-order valence-electron chi connectivity index (χ2n) is 5.20. The highest BCUT2D eigenvalue weighted by Crippen LogP contribution is 2.24. The number of hydrogen-bond donors (Lipinski definition) is 1. The number of para-hydroxylation sites is 1. The van der Waals surface area contributed by atoms with Crippen LogP contribution in [0.5, 0.6) is 0 Å². The third-order valence-electron chi connectivity index (χ3n) is 3.61. The maximum atomic E-state index is 12.8. The van der Waals surface area contributed by atoms with E-state index >= 15 is 0 Å². The normalized spacial score (nSPS) is 11.7. The van der Waals surface area contributed by atoms with Gasteiger partial charge < -0.3 is 0 Å². The van der Waals surface area contributed by atoms with E-state index in [9.17, 15) is 8.42 Å². The Kier molecular flexibility index (Phi) is 3.35. The number of rotatable bonds is 3. The largest absolute Gasteiger partial charge is 0.279 e. The monoisotopic (exact) mass is 336 g/mol. The van der Waals surface area contributed by atoms with Gasteiger partial charge in [-0.25, -0.2) is 8.42 Å². The molecule has 24 heavy (non-hydrogen) atoms. The fourth-order valence-corrected chi connectivity index (χ4v) is 3.76. The Morgan fingerprint density at radius 3 is 2.46 bits per heavy atom. The summed E-state index contributed by atoms with van der Waals surface area (Å²) in [4.78, 5) is 12.7. The molecule has 0 radical (unpaired) electrons. The van der Waals surface area contributed by atoms with Gasteiger partial charge in [0.25, 0.3) is 10.0 Å². The zero-order chi connectivity index (χ0) is 16.6. The van der Waals surface area contributed by atoms with Gasteiger partial charge in [0.1, 0.15) is 4.90 Å². The van der Waals surface area contributed by atoms with E-state index in [1.807, 2.05) is 12.1 Å². The number of sulfonamides is 1. The van der Waals surface area contributed by atoms with Crippen molar-refractivity contribution in [2.24, 2.45) is 0 Å². The van der Waals surface area contributed by atoms with Crippen molar-refractivity contribution >= 4 is 37.6 Å². The summed E-state index contributed by atoms with van der Waals surface area (Å²) in [6, 6.07) is 13.7. The van der Waals surface area contributed by atoms with Crippen LogP contribution >= 0.6 is 0 Å². The van der Waals surface area contributed by atoms with Crippen molar-refractivity contribution in [2.75, 3.05) is 4.72 Å². The van der Waals surface area contributed by atoms with E-state index < -0.39 is 10.0 Å². The Morgan fingerprint density at radius 2 is 1.58 bits per heavy atom. The summed E-state index contributed by atoms with van der Waals surface area (Å²) in [7, 11) is -3.77. The molecule has 2 aromatic carbocycles. The third kappa shape index (κ3) is 2.55. The van der Waals surface area contributed by atoms with Crippen LogP contribution in [0.2, 0.25) is 0 Å². The quantitative estimate of drug-likeness (QED) is 0.622. The number of aromatic nitrogens is 3. The molecule has 0 saturated heterocycles. The molecule has 118 valence electrons. The lowest BCUT2D eigenvalue weighted by Gasteiger charge is -2.10. The zero-order valence-electron chi connectivity index (χ0n) is 12.4. The molecule has 0 aliphatic carbocycles. The molecular formula is C17H12N4O2S. The summed E-state index contributed by atoms with van der Waals surface area (Å²) in [5.41, 5.74) is 2.19. The van der Waals surface area contributed by atoms with Crippen LogP contribution in [-0.2, 0) is 10.0 Å². The predicted molar refractivity (Wildman–Crippen MR) is 92.1 cm³/mol. The lowest BCUT2D eigenvalue weighted by atomic mass is 10.2. The van der Waals surface area contributed by atoms with Gasteiger partial charge in [0.2, 0.25) is 0 Å². The van der Waals surface area contributed by atoms with Gasteiger partial charge in [0.15, 0.2) is 0 Å². The van der Waals surface area contributed by atoms with Crippen molar-refractivity contribution in [2.45, 2.75) is 4.90 Å². The summed E-state index contributed by atoms with van der Waals surface area (Å²) in [5.74, 6) is 0. The molecule has 0 unspecified atom stereocenters. The Labute approximate surface area is 138 Å². The summed E-state index contributed by atoms with van der Waals surface area (Å²) >= 11 is 0. The molecule has 0 fully saturated rings. The Hall–Kier alpha value is -3.06. The Bertz CT molecular complexity index is 1150. The Morgan fingerprint density at radius 1 is 0.792 bits per heavy atom. The SMILES string of the molecule is O=S(=O)(Nc1ccc2nccnc2c1)c1cccc2cccnc12. The second-order valence-corrected chi connectivity index (χ2v) is 6.85. The number of benzene rings is 2. The first-order valence-corrected chi connectivity index (χ1v) is 8.69. The second kappa shape index (κ2) is 5.54. The topological polar surface area (TPSA) is 84.8 Å². The number of nitrogens with one attached hydrogen (secondary N) is 1. The van der Waals surface area contributed by atoms with Crippen LogP contribution in [-0.4, -0.2) is 23.4 Å². The summed E-state index contributed by atoms with van der Waals surface area (Å²) in [5, 5.41) is 0.768. The number of pyridine rings is 1. The van der Waals surface area contributed by atoms with Crippen molar-refractivity contribution < 1.29 is 8.42 Å². The maximum Gasteiger partial charge on any atom is 0.264 e. The number of hydrogen-bond acceptors (Lipinski definition) is 5. The maximum absolute atomic E-state index is 12.8. The minimum Gasteiger partial charge on any atom is -0.279 e. The molecule has 0 spiro atoms. The summed E-state index contributed by atoms with van der Waals surface area (Å²) in [6.07, 6.45) is 4.73. The van der Waals surface area contributed by atoms with E-state index in [4.69, 9.17) is 0 Å². The summed E-state index contributed by atoms with van der Waals surface area (Å²) in [6.45, 7) is 0. The number of nitrogens with zero attached hydrogens (tertiary/aromatic N) is 3. The molecule has 2 heterocycles. The smallest absolute Gasteiger partial charge is 0.264 e. The first-order chi connectivity index (χ1) is 11.6. The van der Waals surface area contributed by atoms with E-state index in [-0.39, 0.29) is 4.90 Å². The number of anilines is 1. The van der Waals surface area contributed by atoms with Gasteiger partial charge in [0, 0.05) is 24.0 Å². The van der Waals surface area contributed by atoms with Crippen molar-refractivity contribution in [1.29, 1.82) is 0 Å². The van der Waals surface area contributed by atoms with E-state index in [1.54, 1.807) is 55.0 Å². The first kappa shape index (κ1) is 14.5. The molecular weight excluding hydrogens is 324 g/mol. The molecule has 4 aromatic rings. The third-order valence-corrected chi connectivity index (χ3v) is 5.02. The number of fused-ring (bicyclic) bond motifs is 2. The zero-order valence-corrected chi connectivity index (χ0v) is 13.2. The fourth-order valence-electron chi connectivity index (χ4n) is 2.53. The molecule has 0 amide bonds. The Balaban J connectivity index is 1.79. The average molecular weight is 336 g/mol. The van der Waals surface area contributed by atoms with E-state index in [1.165, 1.54) is 0 Å².